The summed E-state index contributed by atoms with van der Waals surface area (Å²) in [6, 6.07) is 0. The van der Waals surface area contributed by atoms with Gasteiger partial charge in [0.25, 0.3) is 0 Å². The van der Waals surface area contributed by atoms with Crippen LogP contribution >= 0.6 is 7.92 Å². The van der Waals surface area contributed by atoms with Crippen molar-refractivity contribution < 1.29 is 4.57 Å². The van der Waals surface area contributed by atoms with Crippen LogP contribution in [0.2, 0.25) is 0 Å². The van der Waals surface area contributed by atoms with Gasteiger partial charge in [0.2, 0.25) is 0 Å². The van der Waals surface area contributed by atoms with E-state index in [-0.39, 0.29) is 7.92 Å². The molecule has 0 aromatic rings. The fourth-order valence-corrected chi connectivity index (χ4v) is 1.11. The molecule has 1 fully saturated rings. The molecule has 5 heteroatoms. The zero-order valence-electron chi connectivity index (χ0n) is 5.66. The second-order valence-electron chi connectivity index (χ2n) is 2.09. The Morgan fingerprint density at radius 2 is 2.40 bits per heavy atom. The molecule has 0 bridgehead atoms. The molecule has 0 aliphatic carbocycles. The number of hydrogen-bond acceptors (Lipinski definition) is 2. The van der Waals surface area contributed by atoms with Gasteiger partial charge >= 0.3 is 59.5 Å². The second-order valence-corrected chi connectivity index (χ2v) is 2.47. The van der Waals surface area contributed by atoms with Crippen molar-refractivity contribution in [3.8, 4) is 5.75 Å². The zero-order valence-corrected chi connectivity index (χ0v) is 6.56. The number of nitrogens with zero attached hydrogens (tertiary/aromatic N) is 2. The van der Waals surface area contributed by atoms with E-state index in [0.717, 1.165) is 6.54 Å². The van der Waals surface area contributed by atoms with Crippen LogP contribution in [0, 0.1) is 11.2 Å². The summed E-state index contributed by atoms with van der Waals surface area (Å²) in [4.78, 5) is 3.31. The van der Waals surface area contributed by atoms with Crippen LogP contribution in [0.3, 0.4) is 0 Å². The number of likely N-dealkylation sites (N-methyl/N-ethyl adjacent to an activating group) is 1. The number of guanidine groups is 1. The molecule has 0 radical (unpaired) electrons. The molecule has 1 N–H and O–H groups in total. The van der Waals surface area contributed by atoms with E-state index in [4.69, 9.17) is 5.41 Å². The number of nitrogens with one attached hydrogen (secondary N) is 1. The Morgan fingerprint density at radius 1 is 1.70 bits per heavy atom. The van der Waals surface area contributed by atoms with Crippen molar-refractivity contribution in [3.05, 3.63) is 0 Å². The molecule has 4 nitrogen and oxygen atoms in total. The molecule has 0 saturated carbocycles. The maximum absolute atomic E-state index is 10.0. The van der Waals surface area contributed by atoms with Crippen LogP contribution in [0.5, 0.6) is 0 Å². The molecular formula is C5H8N3OP. The van der Waals surface area contributed by atoms with Crippen LogP contribution < -0.4 is 0 Å². The first-order valence-electron chi connectivity index (χ1n) is 2.91. The van der Waals surface area contributed by atoms with Gasteiger partial charge in [0.15, 0.2) is 0 Å². The molecule has 0 aromatic carbocycles. The Bertz CT molecular complexity index is 245. The third-order valence-electron chi connectivity index (χ3n) is 1.44. The van der Waals surface area contributed by atoms with E-state index in [0.29, 0.717) is 12.5 Å². The quantitative estimate of drug-likeness (QED) is 0.517. The average molecular weight is 157 g/mol. The van der Waals surface area contributed by atoms with Crippen molar-refractivity contribution in [2.45, 2.75) is 0 Å². The first-order chi connectivity index (χ1) is 4.75. The predicted molar refractivity (Wildman–Crippen MR) is 38.6 cm³/mol. The van der Waals surface area contributed by atoms with Crippen LogP contribution in [0.15, 0.2) is 0 Å². The molecule has 0 unspecified atom stereocenters. The summed E-state index contributed by atoms with van der Waals surface area (Å²) in [5.74, 6) is 2.87. The van der Waals surface area contributed by atoms with Gasteiger partial charge in [-0.25, -0.2) is 0 Å². The van der Waals surface area contributed by atoms with E-state index in [9.17, 15) is 4.57 Å². The predicted octanol–water partition coefficient (Wildman–Crippen LogP) is 0.377. The first-order valence-corrected chi connectivity index (χ1v) is 3.72. The summed E-state index contributed by atoms with van der Waals surface area (Å²) < 4.78 is 10.0. The molecular weight excluding hydrogens is 149 g/mol. The third-order valence-corrected chi connectivity index (χ3v) is 1.76. The molecule has 1 aliphatic heterocycles. The Morgan fingerprint density at radius 3 is 2.80 bits per heavy atom. The average Bonchev–Trinajstić information content (AvgIpc) is 2.20. The topological polar surface area (TPSA) is 47.4 Å². The minimum atomic E-state index is -0.156. The van der Waals surface area contributed by atoms with E-state index < -0.39 is 0 Å². The molecule has 0 spiro atoms. The Hall–Kier alpha value is -0.720. The van der Waals surface area contributed by atoms with Gasteiger partial charge in [0.05, 0.1) is 0 Å². The molecule has 0 atom stereocenters. The maximum atomic E-state index is 10.0. The summed E-state index contributed by atoms with van der Waals surface area (Å²) in [6.45, 7) is 1.52. The van der Waals surface area contributed by atoms with E-state index in [1.165, 1.54) is 4.90 Å². The Balaban J connectivity index is 2.72. The fraction of sp³-hybridized carbons (Fsp3) is 0.600. The SMILES string of the molecule is CN1CCN(C#P=O)C1=N. The fourth-order valence-electron chi connectivity index (χ4n) is 0.815. The van der Waals surface area contributed by atoms with Crippen molar-refractivity contribution >= 4 is 13.9 Å². The second kappa shape index (κ2) is 2.91. The van der Waals surface area contributed by atoms with E-state index in [1.54, 1.807) is 4.90 Å². The van der Waals surface area contributed by atoms with Gasteiger partial charge in [-0.1, -0.05) is 0 Å². The number of rotatable bonds is 0. The van der Waals surface area contributed by atoms with Crippen molar-refractivity contribution in [1.29, 1.82) is 5.41 Å². The normalized spacial score (nSPS) is 17.5. The van der Waals surface area contributed by atoms with Gasteiger partial charge in [-0.3, -0.25) is 0 Å². The van der Waals surface area contributed by atoms with Gasteiger partial charge < -0.3 is 0 Å². The van der Waals surface area contributed by atoms with E-state index in [1.807, 2.05) is 7.05 Å². The molecule has 0 aromatic heterocycles. The molecule has 10 heavy (non-hydrogen) atoms. The molecule has 1 aliphatic rings. The van der Waals surface area contributed by atoms with Gasteiger partial charge in [0, 0.05) is 0 Å². The van der Waals surface area contributed by atoms with Crippen LogP contribution in [0.4, 0.5) is 0 Å². The Kier molecular flexibility index (Phi) is 2.15. The van der Waals surface area contributed by atoms with Crippen LogP contribution in [-0.4, -0.2) is 35.9 Å². The molecule has 0 amide bonds. The first kappa shape index (κ1) is 7.39. The van der Waals surface area contributed by atoms with E-state index in [2.05, 4.69) is 5.75 Å². The third kappa shape index (κ3) is 1.23. The van der Waals surface area contributed by atoms with Crippen molar-refractivity contribution in [3.63, 3.8) is 0 Å². The molecule has 1 rings (SSSR count). The van der Waals surface area contributed by atoms with Gasteiger partial charge in [0.1, 0.15) is 0 Å². The van der Waals surface area contributed by atoms with Crippen LogP contribution in [0.25, 0.3) is 0 Å². The van der Waals surface area contributed by atoms with Gasteiger partial charge in [-0.2, -0.15) is 0 Å². The monoisotopic (exact) mass is 157 g/mol. The van der Waals surface area contributed by atoms with Crippen molar-refractivity contribution in [2.24, 2.45) is 0 Å². The minimum absolute atomic E-state index is 0.156. The zero-order chi connectivity index (χ0) is 7.56. The van der Waals surface area contributed by atoms with Gasteiger partial charge in [-0.15, -0.1) is 0 Å². The summed E-state index contributed by atoms with van der Waals surface area (Å²) in [7, 11) is 1.67. The van der Waals surface area contributed by atoms with Crippen molar-refractivity contribution in [2.75, 3.05) is 20.1 Å². The summed E-state index contributed by atoms with van der Waals surface area (Å²) >= 11 is 0. The summed E-state index contributed by atoms with van der Waals surface area (Å²) in [6.07, 6.45) is 0. The Labute approximate surface area is 60.4 Å². The van der Waals surface area contributed by atoms with E-state index >= 15 is 0 Å². The standard InChI is InChI=1S/C5H8N3OP/c1-7-2-3-8(4-10-9)5(7)6/h6H,2-3H2,1H3. The van der Waals surface area contributed by atoms with Gasteiger partial charge in [-0.05, 0) is 0 Å². The van der Waals surface area contributed by atoms with Crippen LogP contribution in [-0.2, 0) is 4.57 Å². The van der Waals surface area contributed by atoms with Crippen molar-refractivity contribution in [1.82, 2.24) is 9.80 Å². The molecule has 54 valence electrons. The molecule has 1 saturated heterocycles. The summed E-state index contributed by atoms with van der Waals surface area (Å²) in [5, 5.41) is 7.36. The molecule has 1 heterocycles. The van der Waals surface area contributed by atoms with Crippen LogP contribution in [0.1, 0.15) is 0 Å². The number of hydrogen-bond donors (Lipinski definition) is 1. The summed E-state index contributed by atoms with van der Waals surface area (Å²) in [5.41, 5.74) is 0.